The SMILES string of the molecule is CC(=O)OC(c1ccccc1)c1c(-c2ccc(C)cc2)c1=O. The Morgan fingerprint density at radius 2 is 1.64 bits per heavy atom. The van der Waals surface area contributed by atoms with Crippen molar-refractivity contribution in [2.45, 2.75) is 20.0 Å². The minimum Gasteiger partial charge on any atom is -0.453 e. The van der Waals surface area contributed by atoms with E-state index in [2.05, 4.69) is 0 Å². The van der Waals surface area contributed by atoms with Gasteiger partial charge in [0.05, 0.1) is 5.56 Å². The Morgan fingerprint density at radius 3 is 2.23 bits per heavy atom. The molecule has 0 bridgehead atoms. The summed E-state index contributed by atoms with van der Waals surface area (Å²) in [6.45, 7) is 3.36. The van der Waals surface area contributed by atoms with Gasteiger partial charge in [0.25, 0.3) is 0 Å². The molecule has 0 aliphatic carbocycles. The molecule has 0 aliphatic rings. The number of rotatable bonds is 4. The maximum absolute atomic E-state index is 12.2. The molecule has 0 aromatic heterocycles. The lowest BCUT2D eigenvalue weighted by Gasteiger charge is -2.13. The molecule has 0 amide bonds. The fraction of sp³-hybridized carbons (Fsp3) is 0.158. The fourth-order valence-electron chi connectivity index (χ4n) is 2.53. The summed E-state index contributed by atoms with van der Waals surface area (Å²) in [5.74, 6) is -0.399. The van der Waals surface area contributed by atoms with E-state index in [1.807, 2.05) is 61.5 Å². The van der Waals surface area contributed by atoms with Gasteiger partial charge in [-0.25, -0.2) is 0 Å². The highest BCUT2D eigenvalue weighted by Gasteiger charge is 2.33. The summed E-state index contributed by atoms with van der Waals surface area (Å²) in [6, 6.07) is 17.1. The largest absolute Gasteiger partial charge is 0.453 e. The summed E-state index contributed by atoms with van der Waals surface area (Å²) in [5.41, 5.74) is 4.03. The van der Waals surface area contributed by atoms with Crippen molar-refractivity contribution in [1.82, 2.24) is 0 Å². The molecule has 0 radical (unpaired) electrons. The Balaban J connectivity index is 1.99. The van der Waals surface area contributed by atoms with Gasteiger partial charge in [0.2, 0.25) is 0 Å². The van der Waals surface area contributed by atoms with Gasteiger partial charge in [-0.3, -0.25) is 9.59 Å². The van der Waals surface area contributed by atoms with Crippen LogP contribution in [0.1, 0.15) is 29.7 Å². The maximum atomic E-state index is 12.2. The summed E-state index contributed by atoms with van der Waals surface area (Å²) in [5, 5.41) is 0. The number of ether oxygens (including phenoxy) is 1. The van der Waals surface area contributed by atoms with Crippen molar-refractivity contribution < 1.29 is 9.53 Å². The molecule has 22 heavy (non-hydrogen) atoms. The molecule has 3 aromatic rings. The first kappa shape index (κ1) is 14.3. The van der Waals surface area contributed by atoms with Gasteiger partial charge in [0, 0.05) is 12.5 Å². The van der Waals surface area contributed by atoms with Crippen molar-refractivity contribution in [3.8, 4) is 11.1 Å². The second-order valence-electron chi connectivity index (χ2n) is 5.38. The van der Waals surface area contributed by atoms with Crippen LogP contribution in [0.3, 0.4) is 0 Å². The van der Waals surface area contributed by atoms with Gasteiger partial charge < -0.3 is 4.74 Å². The number of hydrogen-bond donors (Lipinski definition) is 0. The number of hydrogen-bond acceptors (Lipinski definition) is 3. The molecule has 110 valence electrons. The molecule has 1 unspecified atom stereocenters. The van der Waals surface area contributed by atoms with E-state index in [0.29, 0.717) is 11.1 Å². The van der Waals surface area contributed by atoms with E-state index in [1.165, 1.54) is 6.92 Å². The molecule has 3 aromatic carbocycles. The normalized spacial score (nSPS) is 12.3. The lowest BCUT2D eigenvalue weighted by Crippen LogP contribution is -2.09. The first-order valence-electron chi connectivity index (χ1n) is 7.16. The summed E-state index contributed by atoms with van der Waals surface area (Å²) in [7, 11) is 0. The van der Waals surface area contributed by atoms with Gasteiger partial charge in [-0.05, 0) is 18.1 Å². The van der Waals surface area contributed by atoms with E-state index >= 15 is 0 Å². The van der Waals surface area contributed by atoms with E-state index in [1.54, 1.807) is 0 Å². The fourth-order valence-corrected chi connectivity index (χ4v) is 2.53. The van der Waals surface area contributed by atoms with Crippen LogP contribution in [0, 0.1) is 6.92 Å². The Kier molecular flexibility index (Phi) is 3.63. The van der Waals surface area contributed by atoms with Crippen molar-refractivity contribution in [2.24, 2.45) is 0 Å². The Labute approximate surface area is 128 Å². The van der Waals surface area contributed by atoms with Crippen LogP contribution in [0.15, 0.2) is 59.4 Å². The first-order valence-corrected chi connectivity index (χ1v) is 7.16. The zero-order chi connectivity index (χ0) is 15.7. The van der Waals surface area contributed by atoms with E-state index in [0.717, 1.165) is 16.7 Å². The molecular formula is C19H16O3. The van der Waals surface area contributed by atoms with Crippen LogP contribution in [0.25, 0.3) is 11.1 Å². The number of benzene rings is 2. The monoisotopic (exact) mass is 292 g/mol. The third kappa shape index (κ3) is 2.70. The highest BCUT2D eigenvalue weighted by molar-refractivity contribution is 5.78. The zero-order valence-electron chi connectivity index (χ0n) is 12.5. The molecule has 0 heterocycles. The van der Waals surface area contributed by atoms with E-state index in [-0.39, 0.29) is 5.43 Å². The number of esters is 1. The van der Waals surface area contributed by atoms with Crippen molar-refractivity contribution in [3.63, 3.8) is 0 Å². The van der Waals surface area contributed by atoms with Crippen LogP contribution < -0.4 is 5.43 Å². The van der Waals surface area contributed by atoms with Crippen LogP contribution in [-0.4, -0.2) is 5.97 Å². The molecule has 1 atom stereocenters. The molecule has 0 saturated heterocycles. The molecule has 3 rings (SSSR count). The molecule has 0 fully saturated rings. The topological polar surface area (TPSA) is 43.4 Å². The lowest BCUT2D eigenvalue weighted by atomic mass is 10.0. The van der Waals surface area contributed by atoms with Gasteiger partial charge in [0.1, 0.15) is 0 Å². The third-order valence-electron chi connectivity index (χ3n) is 3.67. The lowest BCUT2D eigenvalue weighted by molar-refractivity contribution is -0.144. The van der Waals surface area contributed by atoms with E-state index in [9.17, 15) is 9.59 Å². The predicted octanol–water partition coefficient (Wildman–Crippen LogP) is 3.55. The van der Waals surface area contributed by atoms with Crippen LogP contribution in [0.4, 0.5) is 0 Å². The molecule has 3 nitrogen and oxygen atoms in total. The quantitative estimate of drug-likeness (QED) is 0.691. The molecule has 0 aliphatic heterocycles. The zero-order valence-corrected chi connectivity index (χ0v) is 12.5. The summed E-state index contributed by atoms with van der Waals surface area (Å²) >= 11 is 0. The molecule has 0 N–H and O–H groups in total. The number of aryl methyl sites for hydroxylation is 1. The number of carbonyl (C=O) groups excluding carboxylic acids is 1. The van der Waals surface area contributed by atoms with Gasteiger partial charge in [-0.1, -0.05) is 60.2 Å². The summed E-state index contributed by atoms with van der Waals surface area (Å²) < 4.78 is 5.39. The minimum absolute atomic E-state index is 0.0287. The first-order chi connectivity index (χ1) is 10.6. The number of carbonyl (C=O) groups is 1. The summed E-state index contributed by atoms with van der Waals surface area (Å²) in [4.78, 5) is 23.6. The minimum atomic E-state index is -0.623. The second-order valence-corrected chi connectivity index (χ2v) is 5.38. The van der Waals surface area contributed by atoms with Crippen molar-refractivity contribution in [3.05, 3.63) is 81.5 Å². The van der Waals surface area contributed by atoms with Gasteiger partial charge in [-0.15, -0.1) is 0 Å². The van der Waals surface area contributed by atoms with Crippen LogP contribution in [0.2, 0.25) is 0 Å². The molecular weight excluding hydrogens is 276 g/mol. The highest BCUT2D eigenvalue weighted by atomic mass is 16.5. The molecule has 0 spiro atoms. The van der Waals surface area contributed by atoms with E-state index in [4.69, 9.17) is 4.74 Å². The summed E-state index contributed by atoms with van der Waals surface area (Å²) in [6.07, 6.45) is -0.623. The van der Waals surface area contributed by atoms with Crippen LogP contribution in [-0.2, 0) is 9.53 Å². The predicted molar refractivity (Wildman–Crippen MR) is 85.3 cm³/mol. The Bertz CT molecular complexity index is 806. The smallest absolute Gasteiger partial charge is 0.303 e. The van der Waals surface area contributed by atoms with Crippen LogP contribution in [0.5, 0.6) is 0 Å². The molecule has 0 saturated carbocycles. The Hall–Kier alpha value is -2.68. The Morgan fingerprint density at radius 1 is 1.00 bits per heavy atom. The van der Waals surface area contributed by atoms with Gasteiger partial charge in [0.15, 0.2) is 11.5 Å². The van der Waals surface area contributed by atoms with Crippen LogP contribution >= 0.6 is 0 Å². The second kappa shape index (κ2) is 5.60. The maximum Gasteiger partial charge on any atom is 0.303 e. The highest BCUT2D eigenvalue weighted by Crippen LogP contribution is 2.36. The average molecular weight is 292 g/mol. The van der Waals surface area contributed by atoms with Gasteiger partial charge >= 0.3 is 5.97 Å². The van der Waals surface area contributed by atoms with Crippen molar-refractivity contribution in [1.29, 1.82) is 0 Å². The molecule has 3 heteroatoms. The average Bonchev–Trinajstić information content (AvgIpc) is 3.17. The van der Waals surface area contributed by atoms with Gasteiger partial charge in [-0.2, -0.15) is 0 Å². The van der Waals surface area contributed by atoms with Crippen molar-refractivity contribution >= 4 is 5.97 Å². The third-order valence-corrected chi connectivity index (χ3v) is 3.67. The van der Waals surface area contributed by atoms with E-state index < -0.39 is 12.1 Å². The van der Waals surface area contributed by atoms with Crippen molar-refractivity contribution in [2.75, 3.05) is 0 Å². The standard InChI is InChI=1S/C19H16O3/c1-12-8-10-14(11-9-12)16-17(18(16)21)19(22-13(2)20)15-6-4-3-5-7-15/h3-11,19H,1-2H3.